The number of nitrogens with zero attached hydrogens (tertiary/aromatic N) is 2. The molecule has 2 rings (SSSR count). The Morgan fingerprint density at radius 3 is 2.25 bits per heavy atom. The SMILES string of the molecule is CCOC(=O)c1ccc(NC(=O)c2cncc(C(=O)NCCN(C)C)c2)cc1. The number of nitrogens with one attached hydrogen (secondary N) is 2. The second-order valence-corrected chi connectivity index (χ2v) is 6.27. The number of hydrogen-bond acceptors (Lipinski definition) is 6. The highest BCUT2D eigenvalue weighted by Gasteiger charge is 2.12. The van der Waals surface area contributed by atoms with Crippen molar-refractivity contribution in [2.24, 2.45) is 0 Å². The molecule has 0 spiro atoms. The number of esters is 1. The van der Waals surface area contributed by atoms with Gasteiger partial charge < -0.3 is 20.3 Å². The summed E-state index contributed by atoms with van der Waals surface area (Å²) < 4.78 is 4.92. The molecule has 2 aromatic rings. The monoisotopic (exact) mass is 384 g/mol. The fourth-order valence-corrected chi connectivity index (χ4v) is 2.29. The maximum absolute atomic E-state index is 12.4. The van der Waals surface area contributed by atoms with Crippen LogP contribution in [0, 0.1) is 0 Å². The third-order valence-corrected chi connectivity index (χ3v) is 3.76. The number of hydrogen-bond donors (Lipinski definition) is 2. The van der Waals surface area contributed by atoms with Gasteiger partial charge in [0.25, 0.3) is 11.8 Å². The Balaban J connectivity index is 2.00. The number of pyridine rings is 1. The van der Waals surface area contributed by atoms with Gasteiger partial charge >= 0.3 is 5.97 Å². The number of amides is 2. The van der Waals surface area contributed by atoms with Crippen LogP contribution in [0.25, 0.3) is 0 Å². The van der Waals surface area contributed by atoms with Crippen LogP contribution < -0.4 is 10.6 Å². The number of likely N-dealkylation sites (N-methyl/N-ethyl adjacent to an activating group) is 1. The van der Waals surface area contributed by atoms with Crippen molar-refractivity contribution < 1.29 is 19.1 Å². The molecule has 2 amide bonds. The molecule has 28 heavy (non-hydrogen) atoms. The van der Waals surface area contributed by atoms with Gasteiger partial charge in [0, 0.05) is 31.2 Å². The molecule has 0 unspecified atom stereocenters. The first kappa shape index (κ1) is 21.0. The lowest BCUT2D eigenvalue weighted by atomic mass is 10.1. The van der Waals surface area contributed by atoms with Crippen molar-refractivity contribution in [1.29, 1.82) is 0 Å². The van der Waals surface area contributed by atoms with Gasteiger partial charge in [-0.15, -0.1) is 0 Å². The van der Waals surface area contributed by atoms with Gasteiger partial charge in [0.05, 0.1) is 23.3 Å². The minimum Gasteiger partial charge on any atom is -0.462 e. The van der Waals surface area contributed by atoms with E-state index in [1.54, 1.807) is 31.2 Å². The maximum Gasteiger partial charge on any atom is 0.338 e. The molecule has 0 radical (unpaired) electrons. The van der Waals surface area contributed by atoms with E-state index >= 15 is 0 Å². The summed E-state index contributed by atoms with van der Waals surface area (Å²) in [5.74, 6) is -1.11. The van der Waals surface area contributed by atoms with Crippen LogP contribution in [-0.4, -0.2) is 61.5 Å². The predicted molar refractivity (Wildman–Crippen MR) is 105 cm³/mol. The third-order valence-electron chi connectivity index (χ3n) is 3.76. The van der Waals surface area contributed by atoms with Crippen LogP contribution in [0.3, 0.4) is 0 Å². The Labute approximate surface area is 163 Å². The fourth-order valence-electron chi connectivity index (χ4n) is 2.29. The Hall–Kier alpha value is -3.26. The van der Waals surface area contributed by atoms with Gasteiger partial charge in [-0.05, 0) is 51.4 Å². The van der Waals surface area contributed by atoms with Crippen molar-refractivity contribution >= 4 is 23.5 Å². The summed E-state index contributed by atoms with van der Waals surface area (Å²) in [6.45, 7) is 3.23. The van der Waals surface area contributed by atoms with Crippen LogP contribution in [0.5, 0.6) is 0 Å². The second-order valence-electron chi connectivity index (χ2n) is 6.27. The van der Waals surface area contributed by atoms with Gasteiger partial charge in [-0.3, -0.25) is 14.6 Å². The fraction of sp³-hybridized carbons (Fsp3) is 0.300. The lowest BCUT2D eigenvalue weighted by molar-refractivity contribution is 0.0526. The van der Waals surface area contributed by atoms with E-state index in [-0.39, 0.29) is 11.5 Å². The van der Waals surface area contributed by atoms with Gasteiger partial charge in [0.15, 0.2) is 0 Å². The van der Waals surface area contributed by atoms with Gasteiger partial charge in [-0.25, -0.2) is 4.79 Å². The zero-order valence-electron chi connectivity index (χ0n) is 16.2. The molecule has 0 atom stereocenters. The van der Waals surface area contributed by atoms with Gasteiger partial charge in [-0.2, -0.15) is 0 Å². The molecule has 0 aliphatic carbocycles. The number of anilines is 1. The van der Waals surface area contributed by atoms with E-state index in [2.05, 4.69) is 15.6 Å². The van der Waals surface area contributed by atoms with Crippen molar-refractivity contribution in [2.45, 2.75) is 6.92 Å². The van der Waals surface area contributed by atoms with Crippen LogP contribution in [0.4, 0.5) is 5.69 Å². The van der Waals surface area contributed by atoms with E-state index in [0.717, 1.165) is 0 Å². The molecule has 1 aromatic heterocycles. The molecule has 0 saturated carbocycles. The smallest absolute Gasteiger partial charge is 0.338 e. The minimum absolute atomic E-state index is 0.259. The number of benzene rings is 1. The molecule has 1 aromatic carbocycles. The van der Waals surface area contributed by atoms with E-state index in [1.165, 1.54) is 18.5 Å². The quantitative estimate of drug-likeness (QED) is 0.673. The largest absolute Gasteiger partial charge is 0.462 e. The van der Waals surface area contributed by atoms with Crippen LogP contribution >= 0.6 is 0 Å². The van der Waals surface area contributed by atoms with Crippen LogP contribution in [0.15, 0.2) is 42.7 Å². The van der Waals surface area contributed by atoms with E-state index in [4.69, 9.17) is 4.74 Å². The normalized spacial score (nSPS) is 10.4. The van der Waals surface area contributed by atoms with Crippen molar-refractivity contribution in [2.75, 3.05) is 39.1 Å². The topological polar surface area (TPSA) is 101 Å². The Morgan fingerprint density at radius 2 is 1.64 bits per heavy atom. The average molecular weight is 384 g/mol. The Bertz CT molecular complexity index is 834. The van der Waals surface area contributed by atoms with Crippen LogP contribution in [-0.2, 0) is 4.74 Å². The standard InChI is InChI=1S/C20H24N4O4/c1-4-28-20(27)14-5-7-17(8-6-14)23-19(26)16-11-15(12-21-13-16)18(25)22-9-10-24(2)3/h5-8,11-13H,4,9-10H2,1-3H3,(H,22,25)(H,23,26). The molecule has 8 heteroatoms. The summed E-state index contributed by atoms with van der Waals surface area (Å²) in [5.41, 5.74) is 1.48. The summed E-state index contributed by atoms with van der Waals surface area (Å²) in [5, 5.41) is 5.49. The van der Waals surface area contributed by atoms with Gasteiger partial charge in [0.2, 0.25) is 0 Å². The second kappa shape index (κ2) is 10.2. The number of aromatic nitrogens is 1. The molecule has 0 bridgehead atoms. The van der Waals surface area contributed by atoms with Crippen LogP contribution in [0.1, 0.15) is 38.0 Å². The average Bonchev–Trinajstić information content (AvgIpc) is 2.68. The minimum atomic E-state index is -0.419. The molecule has 8 nitrogen and oxygen atoms in total. The molecule has 148 valence electrons. The Morgan fingerprint density at radius 1 is 1.00 bits per heavy atom. The maximum atomic E-state index is 12.4. The van der Waals surface area contributed by atoms with Crippen LogP contribution in [0.2, 0.25) is 0 Å². The summed E-state index contributed by atoms with van der Waals surface area (Å²) in [7, 11) is 3.83. The summed E-state index contributed by atoms with van der Waals surface area (Å²) in [6, 6.07) is 7.84. The molecule has 0 saturated heterocycles. The van der Waals surface area contributed by atoms with E-state index in [9.17, 15) is 14.4 Å². The predicted octanol–water partition coefficient (Wildman–Crippen LogP) is 1.80. The summed E-state index contributed by atoms with van der Waals surface area (Å²) in [6.07, 6.45) is 2.80. The summed E-state index contributed by atoms with van der Waals surface area (Å²) in [4.78, 5) is 42.2. The zero-order chi connectivity index (χ0) is 20.5. The van der Waals surface area contributed by atoms with E-state index in [1.807, 2.05) is 19.0 Å². The number of rotatable bonds is 8. The molecule has 0 fully saturated rings. The molecule has 2 N–H and O–H groups in total. The van der Waals surface area contributed by atoms with E-state index in [0.29, 0.717) is 36.5 Å². The molecular formula is C20H24N4O4. The lowest BCUT2D eigenvalue weighted by Crippen LogP contribution is -2.31. The molecule has 0 aliphatic heterocycles. The highest BCUT2D eigenvalue weighted by Crippen LogP contribution is 2.13. The first-order chi connectivity index (χ1) is 13.4. The van der Waals surface area contributed by atoms with E-state index < -0.39 is 11.9 Å². The van der Waals surface area contributed by atoms with Gasteiger partial charge in [-0.1, -0.05) is 0 Å². The number of ether oxygens (including phenoxy) is 1. The first-order valence-corrected chi connectivity index (χ1v) is 8.87. The number of carbonyl (C=O) groups excluding carboxylic acids is 3. The van der Waals surface area contributed by atoms with Crippen molar-refractivity contribution in [3.8, 4) is 0 Å². The summed E-state index contributed by atoms with van der Waals surface area (Å²) >= 11 is 0. The first-order valence-electron chi connectivity index (χ1n) is 8.87. The van der Waals surface area contributed by atoms with Crippen molar-refractivity contribution in [1.82, 2.24) is 15.2 Å². The lowest BCUT2D eigenvalue weighted by Gasteiger charge is -2.11. The molecular weight excluding hydrogens is 360 g/mol. The molecule has 1 heterocycles. The highest BCUT2D eigenvalue weighted by molar-refractivity contribution is 6.06. The molecule has 0 aliphatic rings. The Kier molecular flexibility index (Phi) is 7.65. The highest BCUT2D eigenvalue weighted by atomic mass is 16.5. The zero-order valence-corrected chi connectivity index (χ0v) is 16.2. The number of carbonyl (C=O) groups is 3. The van der Waals surface area contributed by atoms with Gasteiger partial charge in [0.1, 0.15) is 0 Å². The van der Waals surface area contributed by atoms with Crippen molar-refractivity contribution in [3.63, 3.8) is 0 Å². The van der Waals surface area contributed by atoms with Crippen molar-refractivity contribution in [3.05, 3.63) is 59.4 Å². The third kappa shape index (κ3) is 6.17.